The van der Waals surface area contributed by atoms with Gasteiger partial charge >= 0.3 is 0 Å². The van der Waals surface area contributed by atoms with Crippen LogP contribution in [0.2, 0.25) is 10.0 Å². The lowest BCUT2D eigenvalue weighted by Crippen LogP contribution is -2.35. The molecule has 3 amide bonds. The molecule has 0 aliphatic carbocycles. The fourth-order valence-electron chi connectivity index (χ4n) is 3.17. The third-order valence-corrected chi connectivity index (χ3v) is 5.14. The number of nitrogens with one attached hydrogen (secondary N) is 2. The predicted molar refractivity (Wildman–Crippen MR) is 112 cm³/mol. The van der Waals surface area contributed by atoms with Crippen molar-refractivity contribution in [1.29, 1.82) is 0 Å². The molecule has 28 heavy (non-hydrogen) atoms. The van der Waals surface area contributed by atoms with Gasteiger partial charge in [-0.25, -0.2) is 0 Å². The molecule has 2 rings (SSSR count). The molecule has 0 saturated carbocycles. The topological polar surface area (TPSA) is 78.5 Å². The average molecular weight is 428 g/mol. The summed E-state index contributed by atoms with van der Waals surface area (Å²) in [6.07, 6.45) is 5.60. The zero-order valence-corrected chi connectivity index (χ0v) is 17.7. The van der Waals surface area contributed by atoms with Crippen molar-refractivity contribution in [3.8, 4) is 0 Å². The van der Waals surface area contributed by atoms with Crippen LogP contribution in [0.5, 0.6) is 0 Å². The summed E-state index contributed by atoms with van der Waals surface area (Å²) < 4.78 is 0. The number of rotatable bonds is 7. The third kappa shape index (κ3) is 6.67. The Morgan fingerprint density at radius 3 is 2.36 bits per heavy atom. The summed E-state index contributed by atoms with van der Waals surface area (Å²) in [6.45, 7) is 3.66. The first kappa shape index (κ1) is 22.5. The minimum atomic E-state index is -0.431. The van der Waals surface area contributed by atoms with E-state index in [4.69, 9.17) is 23.2 Å². The summed E-state index contributed by atoms with van der Waals surface area (Å²) in [5.41, 5.74) is 0.421. The molecule has 1 aliphatic heterocycles. The fourth-order valence-corrected chi connectivity index (χ4v) is 3.71. The molecule has 1 heterocycles. The number of nitrogens with zero attached hydrogens (tertiary/aromatic N) is 1. The smallest absolute Gasteiger partial charge is 0.253 e. The van der Waals surface area contributed by atoms with Crippen molar-refractivity contribution in [1.82, 2.24) is 10.2 Å². The maximum absolute atomic E-state index is 12.6. The van der Waals surface area contributed by atoms with Gasteiger partial charge in [-0.15, -0.1) is 0 Å². The minimum absolute atomic E-state index is 0.0443. The molecule has 154 valence electrons. The number of carbonyl (C=O) groups is 3. The molecule has 1 aliphatic rings. The summed E-state index contributed by atoms with van der Waals surface area (Å²) in [7, 11) is 0. The first-order valence-electron chi connectivity index (χ1n) is 9.77. The normalized spacial score (nSPS) is 14.3. The van der Waals surface area contributed by atoms with Gasteiger partial charge in [0.1, 0.15) is 0 Å². The van der Waals surface area contributed by atoms with E-state index in [0.717, 1.165) is 38.8 Å². The van der Waals surface area contributed by atoms with E-state index in [1.165, 1.54) is 12.1 Å². The zero-order chi connectivity index (χ0) is 20.5. The van der Waals surface area contributed by atoms with Crippen LogP contribution in [0.1, 0.15) is 62.2 Å². The fraction of sp³-hybridized carbons (Fsp3) is 0.550. The monoisotopic (exact) mass is 427 g/mol. The van der Waals surface area contributed by atoms with Crippen LogP contribution in [-0.4, -0.2) is 42.3 Å². The van der Waals surface area contributed by atoms with Gasteiger partial charge in [-0.3, -0.25) is 14.4 Å². The SMILES string of the molecule is CCCC(=O)Nc1c(Cl)cc(Cl)cc1C(=O)NCCC(=O)N1CCCCCC1. The van der Waals surface area contributed by atoms with Crippen LogP contribution in [0.25, 0.3) is 0 Å². The molecule has 0 aromatic heterocycles. The molecule has 1 saturated heterocycles. The minimum Gasteiger partial charge on any atom is -0.351 e. The second-order valence-corrected chi connectivity index (χ2v) is 7.75. The molecule has 0 radical (unpaired) electrons. The Labute approximate surface area is 175 Å². The van der Waals surface area contributed by atoms with E-state index < -0.39 is 5.91 Å². The van der Waals surface area contributed by atoms with Gasteiger partial charge in [-0.2, -0.15) is 0 Å². The van der Waals surface area contributed by atoms with Crippen LogP contribution in [0, 0.1) is 0 Å². The number of halogens is 2. The Kier molecular flexibility index (Phi) is 9.06. The van der Waals surface area contributed by atoms with E-state index in [9.17, 15) is 14.4 Å². The molecule has 6 nitrogen and oxygen atoms in total. The Morgan fingerprint density at radius 2 is 1.71 bits per heavy atom. The molecule has 2 N–H and O–H groups in total. The van der Waals surface area contributed by atoms with Gasteiger partial charge in [0, 0.05) is 37.5 Å². The van der Waals surface area contributed by atoms with E-state index >= 15 is 0 Å². The summed E-state index contributed by atoms with van der Waals surface area (Å²) in [4.78, 5) is 38.8. The van der Waals surface area contributed by atoms with Gasteiger partial charge in [0.15, 0.2) is 0 Å². The van der Waals surface area contributed by atoms with Crippen LogP contribution in [0.15, 0.2) is 12.1 Å². The van der Waals surface area contributed by atoms with Crippen LogP contribution < -0.4 is 10.6 Å². The molecule has 8 heteroatoms. The van der Waals surface area contributed by atoms with Crippen LogP contribution in [0.3, 0.4) is 0 Å². The van der Waals surface area contributed by atoms with Gasteiger partial charge in [0.25, 0.3) is 5.91 Å². The number of amides is 3. The molecule has 1 fully saturated rings. The zero-order valence-electron chi connectivity index (χ0n) is 16.2. The lowest BCUT2D eigenvalue weighted by Gasteiger charge is -2.20. The van der Waals surface area contributed by atoms with E-state index in [1.54, 1.807) is 0 Å². The third-order valence-electron chi connectivity index (χ3n) is 4.62. The summed E-state index contributed by atoms with van der Waals surface area (Å²) in [5.74, 6) is -0.611. The van der Waals surface area contributed by atoms with Crippen molar-refractivity contribution in [2.24, 2.45) is 0 Å². The highest BCUT2D eigenvalue weighted by molar-refractivity contribution is 6.38. The largest absolute Gasteiger partial charge is 0.351 e. The highest BCUT2D eigenvalue weighted by atomic mass is 35.5. The van der Waals surface area contributed by atoms with Gasteiger partial charge in [0.05, 0.1) is 16.3 Å². The molecule has 0 unspecified atom stereocenters. The molecule has 0 spiro atoms. The van der Waals surface area contributed by atoms with Crippen LogP contribution >= 0.6 is 23.2 Å². The maximum Gasteiger partial charge on any atom is 0.253 e. The van der Waals surface area contributed by atoms with Crippen LogP contribution in [-0.2, 0) is 9.59 Å². The Balaban J connectivity index is 1.98. The predicted octanol–water partition coefficient (Wildman–Crippen LogP) is 4.25. The lowest BCUT2D eigenvalue weighted by molar-refractivity contribution is -0.131. The quantitative estimate of drug-likeness (QED) is 0.682. The van der Waals surface area contributed by atoms with Crippen molar-refractivity contribution in [3.63, 3.8) is 0 Å². The number of hydrogen-bond donors (Lipinski definition) is 2. The number of likely N-dealkylation sites (tertiary alicyclic amines) is 1. The Bertz CT molecular complexity index is 717. The first-order valence-corrected chi connectivity index (χ1v) is 10.5. The maximum atomic E-state index is 12.6. The Morgan fingerprint density at radius 1 is 1.04 bits per heavy atom. The number of hydrogen-bond acceptors (Lipinski definition) is 3. The Hall–Kier alpha value is -1.79. The van der Waals surface area contributed by atoms with Gasteiger partial charge in [-0.1, -0.05) is 43.0 Å². The van der Waals surface area contributed by atoms with Crippen molar-refractivity contribution in [2.45, 2.75) is 51.9 Å². The lowest BCUT2D eigenvalue weighted by atomic mass is 10.1. The second kappa shape index (κ2) is 11.3. The molecule has 1 aromatic rings. The van der Waals surface area contributed by atoms with E-state index in [0.29, 0.717) is 17.9 Å². The summed E-state index contributed by atoms with van der Waals surface area (Å²) in [6, 6.07) is 2.94. The average Bonchev–Trinajstić information content (AvgIpc) is 2.93. The molecule has 0 bridgehead atoms. The number of anilines is 1. The molecule has 0 atom stereocenters. The van der Waals surface area contributed by atoms with E-state index in [2.05, 4.69) is 10.6 Å². The van der Waals surface area contributed by atoms with Gasteiger partial charge < -0.3 is 15.5 Å². The molecular formula is C20H27Cl2N3O3. The summed E-state index contributed by atoms with van der Waals surface area (Å²) in [5, 5.41) is 5.90. The second-order valence-electron chi connectivity index (χ2n) is 6.91. The standard InChI is InChI=1S/C20H27Cl2N3O3/c1-2-7-17(26)24-19-15(12-14(21)13-16(19)22)20(28)23-9-8-18(27)25-10-5-3-4-6-11-25/h12-13H,2-11H2,1H3,(H,23,28)(H,24,26). The van der Waals surface area contributed by atoms with Crippen LogP contribution in [0.4, 0.5) is 5.69 Å². The van der Waals surface area contributed by atoms with E-state index in [1.807, 2.05) is 11.8 Å². The molecular weight excluding hydrogens is 401 g/mol. The highest BCUT2D eigenvalue weighted by Crippen LogP contribution is 2.30. The van der Waals surface area contributed by atoms with Crippen molar-refractivity contribution in [2.75, 3.05) is 25.0 Å². The van der Waals surface area contributed by atoms with Crippen molar-refractivity contribution < 1.29 is 14.4 Å². The molecule has 1 aromatic carbocycles. The van der Waals surface area contributed by atoms with Gasteiger partial charge in [0.2, 0.25) is 11.8 Å². The first-order chi connectivity index (χ1) is 13.4. The van der Waals surface area contributed by atoms with Crippen molar-refractivity contribution >= 4 is 46.6 Å². The van der Waals surface area contributed by atoms with Crippen molar-refractivity contribution in [3.05, 3.63) is 27.7 Å². The van der Waals surface area contributed by atoms with Gasteiger partial charge in [-0.05, 0) is 31.4 Å². The van der Waals surface area contributed by atoms with E-state index in [-0.39, 0.29) is 41.1 Å². The summed E-state index contributed by atoms with van der Waals surface area (Å²) >= 11 is 12.2. The highest BCUT2D eigenvalue weighted by Gasteiger charge is 2.19. The number of benzene rings is 1. The number of carbonyl (C=O) groups excluding carboxylic acids is 3.